The summed E-state index contributed by atoms with van der Waals surface area (Å²) < 4.78 is 18.5. The van der Waals surface area contributed by atoms with Crippen molar-refractivity contribution in [2.75, 3.05) is 5.32 Å². The van der Waals surface area contributed by atoms with Crippen LogP contribution in [0.5, 0.6) is 0 Å². The molecule has 0 fully saturated rings. The van der Waals surface area contributed by atoms with Crippen molar-refractivity contribution in [1.82, 2.24) is 4.98 Å². The fourth-order valence-electron chi connectivity index (χ4n) is 1.88. The Morgan fingerprint density at radius 2 is 2.04 bits per heavy atom. The number of thiazole rings is 1. The molecule has 124 valence electrons. The molecule has 4 nitrogen and oxygen atoms in total. The van der Waals surface area contributed by atoms with Crippen LogP contribution in [0.3, 0.4) is 0 Å². The number of hydrogen-bond acceptors (Lipinski definition) is 5. The number of rotatable bonds is 6. The van der Waals surface area contributed by atoms with Crippen LogP contribution >= 0.6 is 39.0 Å². The third-order valence-corrected chi connectivity index (χ3v) is 5.27. The van der Waals surface area contributed by atoms with E-state index in [1.165, 1.54) is 23.5 Å². The Hall–Kier alpha value is -1.64. The molecule has 0 atom stereocenters. The van der Waals surface area contributed by atoms with Gasteiger partial charge in [0.2, 0.25) is 0 Å². The fourth-order valence-corrected chi connectivity index (χ4v) is 3.88. The zero-order valence-electron chi connectivity index (χ0n) is 12.3. The first-order valence-corrected chi connectivity index (χ1v) is 9.76. The minimum Gasteiger partial charge on any atom is -0.444 e. The Morgan fingerprint density at radius 1 is 1.25 bits per heavy atom. The summed E-state index contributed by atoms with van der Waals surface area (Å²) >= 11 is 6.21. The molecule has 2 aromatic heterocycles. The van der Waals surface area contributed by atoms with E-state index in [1.54, 1.807) is 36.0 Å². The number of aromatic nitrogens is 1. The number of furan rings is 1. The third kappa shape index (κ3) is 4.68. The van der Waals surface area contributed by atoms with Gasteiger partial charge in [-0.05, 0) is 45.8 Å². The molecule has 1 aromatic carbocycles. The molecule has 3 aromatic rings. The summed E-state index contributed by atoms with van der Waals surface area (Å²) in [7, 11) is 0. The Balaban J connectivity index is 1.50. The number of nitrogens with zero attached hydrogens (tertiary/aromatic N) is 1. The quantitative estimate of drug-likeness (QED) is 0.578. The van der Waals surface area contributed by atoms with Crippen molar-refractivity contribution in [2.24, 2.45) is 0 Å². The lowest BCUT2D eigenvalue weighted by Crippen LogP contribution is -2.10. The fraction of sp³-hybridized carbons (Fsp3) is 0.125. The van der Waals surface area contributed by atoms with E-state index in [-0.39, 0.29) is 17.5 Å². The van der Waals surface area contributed by atoms with E-state index in [1.807, 2.05) is 5.38 Å². The van der Waals surface area contributed by atoms with E-state index in [9.17, 15) is 9.18 Å². The molecule has 1 amide bonds. The summed E-state index contributed by atoms with van der Waals surface area (Å²) in [4.78, 5) is 16.3. The predicted octanol–water partition coefficient (Wildman–Crippen LogP) is 5.32. The van der Waals surface area contributed by atoms with Crippen molar-refractivity contribution >= 4 is 50.1 Å². The van der Waals surface area contributed by atoms with E-state index in [2.05, 4.69) is 26.2 Å². The summed E-state index contributed by atoms with van der Waals surface area (Å²) in [5, 5.41) is 5.15. The highest BCUT2D eigenvalue weighted by Crippen LogP contribution is 2.23. The van der Waals surface area contributed by atoms with Crippen LogP contribution in [0.15, 0.2) is 50.9 Å². The summed E-state index contributed by atoms with van der Waals surface area (Å²) in [6, 6.07) is 9.71. The molecule has 0 spiro atoms. The van der Waals surface area contributed by atoms with Crippen LogP contribution in [-0.2, 0) is 11.5 Å². The van der Waals surface area contributed by atoms with Crippen LogP contribution < -0.4 is 5.32 Å². The lowest BCUT2D eigenvalue weighted by Gasteiger charge is -2.00. The number of nitrogens with one attached hydrogen (secondary N) is 1. The van der Waals surface area contributed by atoms with Crippen molar-refractivity contribution in [3.63, 3.8) is 0 Å². The zero-order chi connectivity index (χ0) is 16.9. The zero-order valence-corrected chi connectivity index (χ0v) is 15.5. The molecular weight excluding hydrogens is 415 g/mol. The maximum atomic E-state index is 12.8. The highest BCUT2D eigenvalue weighted by molar-refractivity contribution is 9.10. The molecule has 2 heterocycles. The number of carbonyl (C=O) groups is 1. The average Bonchev–Trinajstić information content (AvgIpc) is 3.18. The van der Waals surface area contributed by atoms with Crippen molar-refractivity contribution in [1.29, 1.82) is 0 Å². The van der Waals surface area contributed by atoms with Crippen LogP contribution in [0.4, 0.5) is 9.52 Å². The molecular formula is C16H12BrFN2O2S2. The normalized spacial score (nSPS) is 10.8. The maximum Gasteiger partial charge on any atom is 0.293 e. The van der Waals surface area contributed by atoms with Crippen LogP contribution in [0.1, 0.15) is 21.8 Å². The van der Waals surface area contributed by atoms with Gasteiger partial charge < -0.3 is 4.42 Å². The highest BCUT2D eigenvalue weighted by atomic mass is 79.9. The molecule has 0 aliphatic heterocycles. The van der Waals surface area contributed by atoms with Gasteiger partial charge in [0.15, 0.2) is 15.6 Å². The van der Waals surface area contributed by atoms with Crippen LogP contribution in [0.2, 0.25) is 0 Å². The Kier molecular flexibility index (Phi) is 5.70. The standard InChI is InChI=1S/C16H12BrFN2O2S2/c17-14-6-5-13(22-14)15(21)20-16-19-12(9-24-16)8-23-7-10-1-3-11(18)4-2-10/h1-6,9H,7-8H2,(H,19,20,21). The maximum absolute atomic E-state index is 12.8. The van der Waals surface area contributed by atoms with Crippen LogP contribution in [0, 0.1) is 5.82 Å². The van der Waals surface area contributed by atoms with Gasteiger partial charge in [-0.25, -0.2) is 9.37 Å². The van der Waals surface area contributed by atoms with Crippen LogP contribution in [0.25, 0.3) is 0 Å². The SMILES string of the molecule is O=C(Nc1nc(CSCc2ccc(F)cc2)cs1)c1ccc(Br)o1. The topological polar surface area (TPSA) is 55.1 Å². The first kappa shape index (κ1) is 17.2. The highest BCUT2D eigenvalue weighted by Gasteiger charge is 2.12. The Morgan fingerprint density at radius 3 is 2.75 bits per heavy atom. The van der Waals surface area contributed by atoms with Gasteiger partial charge in [0, 0.05) is 16.9 Å². The monoisotopic (exact) mass is 426 g/mol. The largest absolute Gasteiger partial charge is 0.444 e. The number of thioether (sulfide) groups is 1. The predicted molar refractivity (Wildman–Crippen MR) is 97.9 cm³/mol. The van der Waals surface area contributed by atoms with Gasteiger partial charge in [-0.15, -0.1) is 11.3 Å². The molecule has 0 aliphatic rings. The molecule has 0 bridgehead atoms. The van der Waals surface area contributed by atoms with Crippen molar-refractivity contribution in [3.05, 3.63) is 69.3 Å². The number of benzene rings is 1. The lowest BCUT2D eigenvalue weighted by atomic mass is 10.2. The first-order valence-electron chi connectivity index (χ1n) is 6.93. The molecule has 3 rings (SSSR count). The van der Waals surface area contributed by atoms with E-state index in [0.29, 0.717) is 9.80 Å². The van der Waals surface area contributed by atoms with Gasteiger partial charge in [0.05, 0.1) is 5.69 Å². The van der Waals surface area contributed by atoms with Gasteiger partial charge in [-0.1, -0.05) is 12.1 Å². The summed E-state index contributed by atoms with van der Waals surface area (Å²) in [6.45, 7) is 0. The van der Waals surface area contributed by atoms with E-state index >= 15 is 0 Å². The van der Waals surface area contributed by atoms with Gasteiger partial charge in [0.1, 0.15) is 5.82 Å². The van der Waals surface area contributed by atoms with Crippen molar-refractivity contribution in [2.45, 2.75) is 11.5 Å². The third-order valence-electron chi connectivity index (χ3n) is 3.00. The Labute approximate surface area is 154 Å². The second-order valence-corrected chi connectivity index (χ2v) is 7.45. The minimum atomic E-state index is -0.333. The molecule has 0 saturated heterocycles. The van der Waals surface area contributed by atoms with Gasteiger partial charge in [0.25, 0.3) is 5.91 Å². The number of anilines is 1. The molecule has 0 radical (unpaired) electrons. The summed E-state index contributed by atoms with van der Waals surface area (Å²) in [6.07, 6.45) is 0. The van der Waals surface area contributed by atoms with Gasteiger partial charge in [-0.2, -0.15) is 11.8 Å². The molecule has 24 heavy (non-hydrogen) atoms. The number of carbonyl (C=O) groups excluding carboxylic acids is 1. The molecule has 1 N–H and O–H groups in total. The van der Waals surface area contributed by atoms with E-state index in [4.69, 9.17) is 4.42 Å². The van der Waals surface area contributed by atoms with E-state index < -0.39 is 0 Å². The van der Waals surface area contributed by atoms with Crippen LogP contribution in [-0.4, -0.2) is 10.9 Å². The second kappa shape index (κ2) is 7.96. The smallest absolute Gasteiger partial charge is 0.293 e. The number of amides is 1. The van der Waals surface area contributed by atoms with Gasteiger partial charge >= 0.3 is 0 Å². The van der Waals surface area contributed by atoms with Gasteiger partial charge in [-0.3, -0.25) is 10.1 Å². The molecule has 0 aliphatic carbocycles. The second-order valence-electron chi connectivity index (χ2n) is 4.82. The summed E-state index contributed by atoms with van der Waals surface area (Å²) in [5.74, 6) is 1.16. The Bertz CT molecular complexity index is 833. The summed E-state index contributed by atoms with van der Waals surface area (Å²) in [5.41, 5.74) is 1.96. The minimum absolute atomic E-state index is 0.226. The molecule has 8 heteroatoms. The number of halogens is 2. The molecule has 0 saturated carbocycles. The number of hydrogen-bond donors (Lipinski definition) is 1. The molecule has 0 unspecified atom stereocenters. The first-order chi connectivity index (χ1) is 11.6. The lowest BCUT2D eigenvalue weighted by molar-refractivity contribution is 0.0995. The average molecular weight is 427 g/mol. The van der Waals surface area contributed by atoms with Crippen molar-refractivity contribution in [3.8, 4) is 0 Å². The van der Waals surface area contributed by atoms with E-state index in [0.717, 1.165) is 22.8 Å². The van der Waals surface area contributed by atoms with Crippen molar-refractivity contribution < 1.29 is 13.6 Å².